The van der Waals surface area contributed by atoms with E-state index < -0.39 is 0 Å². The van der Waals surface area contributed by atoms with Crippen LogP contribution in [0, 0.1) is 5.92 Å². The second-order valence-electron chi connectivity index (χ2n) is 4.49. The first kappa shape index (κ1) is 12.6. The van der Waals surface area contributed by atoms with Crippen LogP contribution in [-0.4, -0.2) is 17.4 Å². The molecular weight excluding hydrogens is 280 g/mol. The quantitative estimate of drug-likeness (QED) is 0.928. The van der Waals surface area contributed by atoms with Crippen LogP contribution in [0.3, 0.4) is 0 Å². The number of hydrogen-bond donors (Lipinski definition) is 1. The molecule has 1 aliphatic rings. The number of amides is 1. The Balaban J connectivity index is 1.72. The average Bonchev–Trinajstić information content (AvgIpc) is 2.85. The van der Waals surface area contributed by atoms with Crippen molar-refractivity contribution in [3.8, 4) is 0 Å². The highest BCUT2D eigenvalue weighted by Gasteiger charge is 2.21. The van der Waals surface area contributed by atoms with Crippen LogP contribution in [0.2, 0.25) is 0 Å². The monoisotopic (exact) mass is 296 g/mol. The van der Waals surface area contributed by atoms with Gasteiger partial charge < -0.3 is 5.32 Å². The fourth-order valence-electron chi connectivity index (χ4n) is 2.20. The Bertz CT molecular complexity index is 372. The van der Waals surface area contributed by atoms with Gasteiger partial charge in [0.15, 0.2) is 0 Å². The predicted molar refractivity (Wildman–Crippen MR) is 70.6 cm³/mol. The summed E-state index contributed by atoms with van der Waals surface area (Å²) in [5, 5.41) is 3.00. The highest BCUT2D eigenvalue weighted by atomic mass is 79.9. The third-order valence-electron chi connectivity index (χ3n) is 3.19. The number of nitrogens with one attached hydrogen (secondary N) is 1. The molecule has 1 aromatic heterocycles. The predicted octanol–water partition coefficient (Wildman–Crippen LogP) is 2.69. The van der Waals surface area contributed by atoms with Crippen molar-refractivity contribution >= 4 is 21.8 Å². The summed E-state index contributed by atoms with van der Waals surface area (Å²) in [7, 11) is 0. The van der Waals surface area contributed by atoms with E-state index in [2.05, 4.69) is 26.2 Å². The number of carbonyl (C=O) groups is 1. The first-order chi connectivity index (χ1) is 8.25. The largest absolute Gasteiger partial charge is 0.355 e. The summed E-state index contributed by atoms with van der Waals surface area (Å²) in [6.45, 7) is 0.684. The summed E-state index contributed by atoms with van der Waals surface area (Å²) >= 11 is 3.35. The molecule has 1 N–H and O–H groups in total. The van der Waals surface area contributed by atoms with Crippen molar-refractivity contribution in [3.05, 3.63) is 28.5 Å². The van der Waals surface area contributed by atoms with E-state index in [-0.39, 0.29) is 11.8 Å². The number of rotatable bonds is 4. The number of halogens is 1. The molecule has 0 aliphatic heterocycles. The third kappa shape index (κ3) is 3.80. The Hall–Kier alpha value is -0.900. The van der Waals surface area contributed by atoms with Gasteiger partial charge in [-0.2, -0.15) is 0 Å². The first-order valence-corrected chi connectivity index (χ1v) is 6.93. The summed E-state index contributed by atoms with van der Waals surface area (Å²) < 4.78 is 0.983. The minimum absolute atomic E-state index is 0.222. The Morgan fingerprint density at radius 1 is 1.41 bits per heavy atom. The smallest absolute Gasteiger partial charge is 0.223 e. The van der Waals surface area contributed by atoms with Crippen molar-refractivity contribution in [1.82, 2.24) is 10.3 Å². The van der Waals surface area contributed by atoms with E-state index >= 15 is 0 Å². The Kier molecular flexibility index (Phi) is 4.54. The summed E-state index contributed by atoms with van der Waals surface area (Å²) in [6, 6.07) is 3.95. The van der Waals surface area contributed by atoms with Crippen LogP contribution in [0.25, 0.3) is 0 Å². The topological polar surface area (TPSA) is 42.0 Å². The van der Waals surface area contributed by atoms with E-state index in [9.17, 15) is 4.79 Å². The highest BCUT2D eigenvalue weighted by molar-refractivity contribution is 9.10. The van der Waals surface area contributed by atoms with E-state index in [1.54, 1.807) is 6.20 Å². The zero-order valence-corrected chi connectivity index (χ0v) is 11.4. The molecule has 1 saturated carbocycles. The first-order valence-electron chi connectivity index (χ1n) is 6.14. The van der Waals surface area contributed by atoms with Crippen LogP contribution in [0.4, 0.5) is 0 Å². The molecule has 0 spiro atoms. The minimum Gasteiger partial charge on any atom is -0.355 e. The lowest BCUT2D eigenvalue weighted by Gasteiger charge is -2.09. The molecule has 1 fully saturated rings. The molecule has 0 unspecified atom stereocenters. The normalized spacial score (nSPS) is 16.1. The maximum absolute atomic E-state index is 11.8. The standard InChI is InChI=1S/C13H17BrN2O/c14-11-5-6-12(16-9-11)7-8-15-13(17)10-3-1-2-4-10/h5-6,9-10H,1-4,7-8H2,(H,15,17). The molecule has 0 atom stereocenters. The number of nitrogens with zero attached hydrogens (tertiary/aromatic N) is 1. The molecule has 1 amide bonds. The van der Waals surface area contributed by atoms with Crippen LogP contribution in [0.15, 0.2) is 22.8 Å². The second kappa shape index (κ2) is 6.15. The molecule has 17 heavy (non-hydrogen) atoms. The number of hydrogen-bond acceptors (Lipinski definition) is 2. The number of carbonyl (C=O) groups excluding carboxylic acids is 1. The lowest BCUT2D eigenvalue weighted by Crippen LogP contribution is -2.31. The van der Waals surface area contributed by atoms with Gasteiger partial charge in [-0.1, -0.05) is 12.8 Å². The van der Waals surface area contributed by atoms with Gasteiger partial charge in [0.25, 0.3) is 0 Å². The lowest BCUT2D eigenvalue weighted by atomic mass is 10.1. The molecule has 1 aromatic rings. The fraction of sp³-hybridized carbons (Fsp3) is 0.538. The Morgan fingerprint density at radius 3 is 2.82 bits per heavy atom. The molecule has 0 aromatic carbocycles. The number of pyridine rings is 1. The van der Waals surface area contributed by atoms with Crippen LogP contribution in [0.5, 0.6) is 0 Å². The Labute approximate surface area is 110 Å². The van der Waals surface area contributed by atoms with Crippen molar-refractivity contribution in [1.29, 1.82) is 0 Å². The Morgan fingerprint density at radius 2 is 2.18 bits per heavy atom. The molecule has 92 valence electrons. The van der Waals surface area contributed by atoms with E-state index in [4.69, 9.17) is 0 Å². The molecule has 0 bridgehead atoms. The SMILES string of the molecule is O=C(NCCc1ccc(Br)cn1)C1CCCC1. The van der Waals surface area contributed by atoms with Gasteiger partial charge in [-0.3, -0.25) is 9.78 Å². The molecule has 1 aliphatic carbocycles. The zero-order chi connectivity index (χ0) is 12.1. The molecular formula is C13H17BrN2O. The summed E-state index contributed by atoms with van der Waals surface area (Å²) in [5.74, 6) is 0.479. The lowest BCUT2D eigenvalue weighted by molar-refractivity contribution is -0.124. The van der Waals surface area contributed by atoms with Gasteiger partial charge in [0.05, 0.1) is 0 Å². The van der Waals surface area contributed by atoms with Crippen molar-refractivity contribution in [2.45, 2.75) is 32.1 Å². The van der Waals surface area contributed by atoms with E-state index in [0.29, 0.717) is 6.54 Å². The maximum Gasteiger partial charge on any atom is 0.223 e. The average molecular weight is 297 g/mol. The number of aromatic nitrogens is 1. The van der Waals surface area contributed by atoms with Crippen LogP contribution < -0.4 is 5.32 Å². The summed E-state index contributed by atoms with van der Waals surface area (Å²) in [4.78, 5) is 16.0. The van der Waals surface area contributed by atoms with Crippen LogP contribution >= 0.6 is 15.9 Å². The van der Waals surface area contributed by atoms with Crippen molar-refractivity contribution in [2.24, 2.45) is 5.92 Å². The van der Waals surface area contributed by atoms with Crippen molar-refractivity contribution in [2.75, 3.05) is 6.54 Å². The molecule has 0 saturated heterocycles. The zero-order valence-electron chi connectivity index (χ0n) is 9.79. The summed E-state index contributed by atoms with van der Waals surface area (Å²) in [5.41, 5.74) is 1.01. The van der Waals surface area contributed by atoms with Gasteiger partial charge in [-0.05, 0) is 40.9 Å². The van der Waals surface area contributed by atoms with Crippen LogP contribution in [-0.2, 0) is 11.2 Å². The van der Waals surface area contributed by atoms with Gasteiger partial charge in [0, 0.05) is 35.2 Å². The molecule has 1 heterocycles. The van der Waals surface area contributed by atoms with Gasteiger partial charge in [0.2, 0.25) is 5.91 Å². The summed E-state index contributed by atoms with van der Waals surface area (Å²) in [6.07, 6.45) is 7.10. The van der Waals surface area contributed by atoms with Crippen molar-refractivity contribution < 1.29 is 4.79 Å². The van der Waals surface area contributed by atoms with E-state index in [1.165, 1.54) is 12.8 Å². The van der Waals surface area contributed by atoms with Crippen molar-refractivity contribution in [3.63, 3.8) is 0 Å². The molecule has 3 nitrogen and oxygen atoms in total. The van der Waals surface area contributed by atoms with Gasteiger partial charge in [-0.15, -0.1) is 0 Å². The molecule has 4 heteroatoms. The minimum atomic E-state index is 0.222. The maximum atomic E-state index is 11.8. The highest BCUT2D eigenvalue weighted by Crippen LogP contribution is 2.24. The fourth-order valence-corrected chi connectivity index (χ4v) is 2.43. The van der Waals surface area contributed by atoms with Gasteiger partial charge >= 0.3 is 0 Å². The van der Waals surface area contributed by atoms with E-state index in [0.717, 1.165) is 29.4 Å². The second-order valence-corrected chi connectivity index (χ2v) is 5.41. The van der Waals surface area contributed by atoms with Crippen LogP contribution in [0.1, 0.15) is 31.4 Å². The molecule has 0 radical (unpaired) electrons. The van der Waals surface area contributed by atoms with E-state index in [1.807, 2.05) is 12.1 Å². The van der Waals surface area contributed by atoms with Gasteiger partial charge in [-0.25, -0.2) is 0 Å². The molecule has 2 rings (SSSR count). The van der Waals surface area contributed by atoms with Gasteiger partial charge in [0.1, 0.15) is 0 Å². The third-order valence-corrected chi connectivity index (χ3v) is 3.66.